The zero-order chi connectivity index (χ0) is 10.1. The topological polar surface area (TPSA) is 21.6 Å². The minimum absolute atomic E-state index is 0.405. The van der Waals surface area contributed by atoms with Gasteiger partial charge < -0.3 is 4.74 Å². The van der Waals surface area contributed by atoms with Crippen LogP contribution in [0, 0.1) is 11.8 Å². The van der Waals surface area contributed by atoms with Crippen LogP contribution in [0.5, 0.6) is 0 Å². The first-order chi connectivity index (χ1) is 6.68. The fourth-order valence-electron chi connectivity index (χ4n) is 2.25. The minimum atomic E-state index is 0.405. The lowest BCUT2D eigenvalue weighted by molar-refractivity contribution is 0.277. The molecule has 2 rings (SSSR count). The van der Waals surface area contributed by atoms with E-state index >= 15 is 0 Å². The summed E-state index contributed by atoms with van der Waals surface area (Å²) in [5.74, 6) is 2.24. The molecule has 0 N–H and O–H groups in total. The van der Waals surface area contributed by atoms with Gasteiger partial charge in [0.15, 0.2) is 5.90 Å². The summed E-state index contributed by atoms with van der Waals surface area (Å²) < 4.78 is 5.72. The number of ether oxygens (including phenoxy) is 1. The van der Waals surface area contributed by atoms with E-state index in [-0.39, 0.29) is 0 Å². The second kappa shape index (κ2) is 4.18. The van der Waals surface area contributed by atoms with E-state index in [4.69, 9.17) is 9.73 Å². The number of aliphatic imine (C=N–C) groups is 1. The van der Waals surface area contributed by atoms with Crippen molar-refractivity contribution in [3.05, 3.63) is 0 Å². The molecule has 0 amide bonds. The molecular weight excluding hydrogens is 193 g/mol. The summed E-state index contributed by atoms with van der Waals surface area (Å²) in [6, 6.07) is 0.405. The Morgan fingerprint density at radius 2 is 2.21 bits per heavy atom. The normalized spacial score (nSPS) is 37.4. The van der Waals surface area contributed by atoms with Crippen LogP contribution in [-0.2, 0) is 4.74 Å². The van der Waals surface area contributed by atoms with E-state index in [0.29, 0.717) is 23.5 Å². The Kier molecular flexibility index (Phi) is 3.11. The summed E-state index contributed by atoms with van der Waals surface area (Å²) in [4.78, 5) is 4.70. The average Bonchev–Trinajstić information content (AvgIpc) is 2.71. The largest absolute Gasteiger partial charge is 0.478 e. The number of hydrogen-bond donors (Lipinski definition) is 0. The maximum absolute atomic E-state index is 5.72. The Hall–Kier alpha value is -0.100. The Balaban J connectivity index is 2.02. The molecule has 2 nitrogen and oxygen atoms in total. The van der Waals surface area contributed by atoms with Gasteiger partial charge in [0.05, 0.1) is 6.04 Å². The highest BCUT2D eigenvalue weighted by molar-refractivity contribution is 7.17. The maximum Gasteiger partial charge on any atom is 0.187 e. The molecule has 14 heavy (non-hydrogen) atoms. The fourth-order valence-corrected chi connectivity index (χ4v) is 2.84. The van der Waals surface area contributed by atoms with Crippen LogP contribution in [0.4, 0.5) is 0 Å². The molecule has 1 fully saturated rings. The van der Waals surface area contributed by atoms with E-state index in [0.717, 1.165) is 12.5 Å². The van der Waals surface area contributed by atoms with Gasteiger partial charge in [0.25, 0.3) is 0 Å². The molecule has 0 bridgehead atoms. The summed E-state index contributed by atoms with van der Waals surface area (Å²) in [5.41, 5.74) is 0.694. The summed E-state index contributed by atoms with van der Waals surface area (Å²) in [6.07, 6.45) is 3.90. The lowest BCUT2D eigenvalue weighted by Gasteiger charge is -2.13. The van der Waals surface area contributed by atoms with Crippen LogP contribution in [0.15, 0.2) is 4.99 Å². The van der Waals surface area contributed by atoms with Gasteiger partial charge in [-0.3, -0.25) is 0 Å². The molecule has 1 saturated carbocycles. The van der Waals surface area contributed by atoms with Crippen molar-refractivity contribution < 1.29 is 4.74 Å². The molecule has 0 saturated heterocycles. The minimum Gasteiger partial charge on any atom is -0.478 e. The molecular formula is C11H20NOP. The zero-order valence-corrected chi connectivity index (χ0v) is 10.2. The Bertz CT molecular complexity index is 239. The van der Waals surface area contributed by atoms with Gasteiger partial charge in [-0.15, -0.1) is 9.24 Å². The van der Waals surface area contributed by atoms with Crippen molar-refractivity contribution in [3.63, 3.8) is 0 Å². The van der Waals surface area contributed by atoms with Crippen molar-refractivity contribution in [1.29, 1.82) is 0 Å². The van der Waals surface area contributed by atoms with Crippen LogP contribution in [0.2, 0.25) is 0 Å². The van der Waals surface area contributed by atoms with Crippen LogP contribution < -0.4 is 0 Å². The molecule has 80 valence electrons. The molecule has 0 spiro atoms. The van der Waals surface area contributed by atoms with E-state index in [1.54, 1.807) is 0 Å². The van der Waals surface area contributed by atoms with E-state index in [9.17, 15) is 0 Å². The average molecular weight is 213 g/mol. The van der Waals surface area contributed by atoms with Gasteiger partial charge in [0.2, 0.25) is 0 Å². The predicted molar refractivity (Wildman–Crippen MR) is 62.9 cm³/mol. The molecule has 2 aliphatic rings. The van der Waals surface area contributed by atoms with E-state index in [1.807, 2.05) is 0 Å². The zero-order valence-electron chi connectivity index (χ0n) is 9.07. The third kappa shape index (κ3) is 1.95. The summed E-state index contributed by atoms with van der Waals surface area (Å²) in [7, 11) is 2.94. The van der Waals surface area contributed by atoms with Gasteiger partial charge in [-0.25, -0.2) is 4.99 Å². The van der Waals surface area contributed by atoms with Crippen molar-refractivity contribution in [2.75, 3.05) is 6.61 Å². The molecule has 1 aliphatic carbocycles. The van der Waals surface area contributed by atoms with Gasteiger partial charge in [-0.2, -0.15) is 0 Å². The van der Waals surface area contributed by atoms with E-state index < -0.39 is 0 Å². The molecule has 3 heteroatoms. The third-order valence-corrected chi connectivity index (χ3v) is 4.15. The number of hydrogen-bond acceptors (Lipinski definition) is 2. The van der Waals surface area contributed by atoms with Crippen molar-refractivity contribution >= 4 is 15.1 Å². The number of rotatable bonds is 2. The summed E-state index contributed by atoms with van der Waals surface area (Å²) in [5, 5.41) is 0. The van der Waals surface area contributed by atoms with Crippen molar-refractivity contribution in [2.45, 2.75) is 44.8 Å². The van der Waals surface area contributed by atoms with Gasteiger partial charge >= 0.3 is 0 Å². The van der Waals surface area contributed by atoms with Gasteiger partial charge in [0, 0.05) is 5.92 Å². The summed E-state index contributed by atoms with van der Waals surface area (Å²) >= 11 is 0. The first-order valence-electron chi connectivity index (χ1n) is 5.64. The van der Waals surface area contributed by atoms with Crippen LogP contribution in [0.3, 0.4) is 0 Å². The maximum atomic E-state index is 5.72. The second-order valence-electron chi connectivity index (χ2n) is 4.79. The Morgan fingerprint density at radius 1 is 1.43 bits per heavy atom. The fraction of sp³-hybridized carbons (Fsp3) is 0.909. The highest BCUT2D eigenvalue weighted by Crippen LogP contribution is 2.34. The first kappa shape index (κ1) is 10.4. The molecule has 0 aromatic heterocycles. The van der Waals surface area contributed by atoms with Gasteiger partial charge in [-0.1, -0.05) is 20.3 Å². The summed E-state index contributed by atoms with van der Waals surface area (Å²) in [6.45, 7) is 5.24. The lowest BCUT2D eigenvalue weighted by Crippen LogP contribution is -2.18. The molecule has 1 heterocycles. The molecule has 4 atom stereocenters. The SMILES string of the molecule is CC(C)[C@H]1COC([C@@H]2CCCC2P)=N1. The van der Waals surface area contributed by atoms with Crippen LogP contribution in [0.25, 0.3) is 0 Å². The standard InChI is InChI=1S/C11H20NOP/c1-7(2)9-6-13-11(12-9)8-4-3-5-10(8)14/h7-10H,3-6,14H2,1-2H3/t8-,9-,10?/m1/s1. The van der Waals surface area contributed by atoms with E-state index in [1.165, 1.54) is 19.3 Å². The van der Waals surface area contributed by atoms with Crippen LogP contribution in [-0.4, -0.2) is 24.2 Å². The van der Waals surface area contributed by atoms with Crippen molar-refractivity contribution in [1.82, 2.24) is 0 Å². The smallest absolute Gasteiger partial charge is 0.187 e. The van der Waals surface area contributed by atoms with Gasteiger partial charge in [0.1, 0.15) is 6.61 Å². The number of nitrogens with zero attached hydrogens (tertiary/aromatic N) is 1. The second-order valence-corrected chi connectivity index (χ2v) is 5.65. The predicted octanol–water partition coefficient (Wildman–Crippen LogP) is 2.48. The van der Waals surface area contributed by atoms with E-state index in [2.05, 4.69) is 23.1 Å². The van der Waals surface area contributed by atoms with Crippen LogP contribution in [0.1, 0.15) is 33.1 Å². The van der Waals surface area contributed by atoms with Crippen molar-refractivity contribution in [2.24, 2.45) is 16.8 Å². The molecule has 0 aromatic rings. The van der Waals surface area contributed by atoms with Crippen molar-refractivity contribution in [3.8, 4) is 0 Å². The molecule has 0 radical (unpaired) electrons. The highest BCUT2D eigenvalue weighted by Gasteiger charge is 2.33. The quantitative estimate of drug-likeness (QED) is 0.646. The molecule has 0 aromatic carbocycles. The molecule has 1 aliphatic heterocycles. The lowest BCUT2D eigenvalue weighted by atomic mass is 10.1. The third-order valence-electron chi connectivity index (χ3n) is 3.35. The molecule has 2 unspecified atom stereocenters. The van der Waals surface area contributed by atoms with Gasteiger partial charge in [-0.05, 0) is 24.4 Å². The Morgan fingerprint density at radius 3 is 2.71 bits per heavy atom. The monoisotopic (exact) mass is 213 g/mol. The highest BCUT2D eigenvalue weighted by atomic mass is 31.0. The van der Waals surface area contributed by atoms with Crippen LogP contribution >= 0.6 is 9.24 Å². The first-order valence-corrected chi connectivity index (χ1v) is 6.31. The Labute approximate surface area is 88.7 Å².